The van der Waals surface area contributed by atoms with Crippen LogP contribution in [0.5, 0.6) is 11.5 Å². The van der Waals surface area contributed by atoms with Crippen molar-refractivity contribution in [3.8, 4) is 11.5 Å². The van der Waals surface area contributed by atoms with E-state index in [1.165, 1.54) is 0 Å². The normalized spacial score (nSPS) is 12.8. The van der Waals surface area contributed by atoms with Crippen LogP contribution in [0.2, 0.25) is 0 Å². The maximum atomic E-state index is 11.1. The predicted molar refractivity (Wildman–Crippen MR) is 70.6 cm³/mol. The number of aromatic hydroxyl groups is 2. The van der Waals surface area contributed by atoms with Crippen molar-refractivity contribution < 1.29 is 14.4 Å². The van der Waals surface area contributed by atoms with E-state index in [0.717, 1.165) is 0 Å². The van der Waals surface area contributed by atoms with Gasteiger partial charge in [0, 0.05) is 21.5 Å². The van der Waals surface area contributed by atoms with Gasteiger partial charge in [-0.25, -0.2) is 0 Å². The fourth-order valence-corrected chi connectivity index (χ4v) is 3.83. The molecule has 0 amide bonds. The van der Waals surface area contributed by atoms with Gasteiger partial charge in [-0.05, 0) is 53.4 Å². The molecule has 0 saturated carbocycles. The molecule has 2 N–H and O–H groups in total. The van der Waals surface area contributed by atoms with Crippen LogP contribution in [0.25, 0.3) is 0 Å². The lowest BCUT2D eigenvalue weighted by molar-refractivity contribution is 0.398. The first-order chi connectivity index (χ1) is 6.86. The topological polar surface area (TPSA) is 57.5 Å². The lowest BCUT2D eigenvalue weighted by atomic mass is 10.2. The standard InChI is InChI=1S/C8H7Br3O3S/c1-15(14)2-3-4(9)6(11)8(13)7(12)5(3)10/h12-13H,2H2,1H3/t15-/m0/s1. The van der Waals surface area contributed by atoms with Gasteiger partial charge < -0.3 is 10.2 Å². The first-order valence-corrected chi connectivity index (χ1v) is 7.84. The molecule has 0 aromatic heterocycles. The number of halogens is 3. The van der Waals surface area contributed by atoms with E-state index in [1.54, 1.807) is 6.26 Å². The lowest BCUT2D eigenvalue weighted by Crippen LogP contribution is -1.96. The highest BCUT2D eigenvalue weighted by Gasteiger charge is 2.19. The largest absolute Gasteiger partial charge is 0.503 e. The van der Waals surface area contributed by atoms with Crippen LogP contribution >= 0.6 is 47.8 Å². The minimum Gasteiger partial charge on any atom is -0.503 e. The maximum absolute atomic E-state index is 11.1. The van der Waals surface area contributed by atoms with E-state index in [9.17, 15) is 14.4 Å². The molecule has 7 heteroatoms. The third-order valence-corrected chi connectivity index (χ3v) is 5.44. The number of benzene rings is 1. The number of rotatable bonds is 2. The van der Waals surface area contributed by atoms with Crippen molar-refractivity contribution in [1.82, 2.24) is 0 Å². The molecule has 3 nitrogen and oxygen atoms in total. The summed E-state index contributed by atoms with van der Waals surface area (Å²) in [5.74, 6) is -0.224. The molecule has 1 rings (SSSR count). The van der Waals surface area contributed by atoms with Crippen LogP contribution in [0.4, 0.5) is 0 Å². The van der Waals surface area contributed by atoms with Crippen molar-refractivity contribution in [3.05, 3.63) is 19.0 Å². The van der Waals surface area contributed by atoms with Gasteiger partial charge in [0.15, 0.2) is 11.5 Å². The summed E-state index contributed by atoms with van der Waals surface area (Å²) >= 11 is 9.54. The Morgan fingerprint density at radius 3 is 2.00 bits per heavy atom. The third kappa shape index (κ3) is 2.75. The van der Waals surface area contributed by atoms with Gasteiger partial charge in [0.2, 0.25) is 0 Å². The van der Waals surface area contributed by atoms with E-state index in [4.69, 9.17) is 0 Å². The molecular formula is C8H7Br3O3S. The molecule has 0 bridgehead atoms. The lowest BCUT2D eigenvalue weighted by Gasteiger charge is -2.11. The Morgan fingerprint density at radius 1 is 1.07 bits per heavy atom. The molecule has 15 heavy (non-hydrogen) atoms. The van der Waals surface area contributed by atoms with Gasteiger partial charge in [0.05, 0.1) is 14.7 Å². The van der Waals surface area contributed by atoms with Gasteiger partial charge in [-0.1, -0.05) is 0 Å². The molecule has 0 aliphatic carbocycles. The molecule has 0 fully saturated rings. The molecule has 0 aliphatic heterocycles. The van der Waals surface area contributed by atoms with Crippen LogP contribution in [-0.2, 0) is 16.6 Å². The minimum atomic E-state index is -1.03. The highest BCUT2D eigenvalue weighted by Crippen LogP contribution is 2.47. The van der Waals surface area contributed by atoms with E-state index in [0.29, 0.717) is 19.0 Å². The summed E-state index contributed by atoms with van der Waals surface area (Å²) in [7, 11) is -1.03. The van der Waals surface area contributed by atoms with Crippen molar-refractivity contribution in [2.45, 2.75) is 5.75 Å². The van der Waals surface area contributed by atoms with Gasteiger partial charge in [0.1, 0.15) is 0 Å². The van der Waals surface area contributed by atoms with Crippen LogP contribution in [0.15, 0.2) is 13.4 Å². The summed E-state index contributed by atoms with van der Waals surface area (Å²) in [6.45, 7) is 0. The Labute approximate surface area is 115 Å². The zero-order valence-electron chi connectivity index (χ0n) is 7.55. The molecular weight excluding hydrogens is 416 g/mol. The van der Waals surface area contributed by atoms with Gasteiger partial charge in [-0.3, -0.25) is 4.21 Å². The van der Waals surface area contributed by atoms with Crippen LogP contribution in [0, 0.1) is 0 Å². The van der Waals surface area contributed by atoms with E-state index >= 15 is 0 Å². The summed E-state index contributed by atoms with van der Waals surface area (Å²) in [6.07, 6.45) is 1.57. The molecule has 0 spiro atoms. The van der Waals surface area contributed by atoms with Crippen molar-refractivity contribution >= 4 is 58.6 Å². The van der Waals surface area contributed by atoms with Gasteiger partial charge in [-0.15, -0.1) is 0 Å². The second-order valence-electron chi connectivity index (χ2n) is 2.84. The summed E-state index contributed by atoms with van der Waals surface area (Å²) in [4.78, 5) is 0. The zero-order chi connectivity index (χ0) is 11.7. The molecule has 0 unspecified atom stereocenters. The molecule has 1 aromatic rings. The first-order valence-electron chi connectivity index (χ1n) is 3.73. The Bertz CT molecular complexity index is 405. The summed E-state index contributed by atoms with van der Waals surface area (Å²) < 4.78 is 12.4. The van der Waals surface area contributed by atoms with E-state index in [-0.39, 0.29) is 17.3 Å². The van der Waals surface area contributed by atoms with Crippen LogP contribution in [0.1, 0.15) is 5.56 Å². The molecule has 0 radical (unpaired) electrons. The second-order valence-corrected chi connectivity index (χ2v) is 6.65. The maximum Gasteiger partial charge on any atom is 0.174 e. The molecule has 0 heterocycles. The monoisotopic (exact) mass is 420 g/mol. The Morgan fingerprint density at radius 2 is 1.53 bits per heavy atom. The predicted octanol–water partition coefficient (Wildman–Crippen LogP) is 3.26. The quantitative estimate of drug-likeness (QED) is 0.568. The SMILES string of the molecule is C[S@](=O)Cc1c(Br)c(O)c(O)c(Br)c1Br. The highest BCUT2D eigenvalue weighted by atomic mass is 79.9. The summed E-state index contributed by atoms with van der Waals surface area (Å²) in [5.41, 5.74) is 0.651. The Hall–Kier alpha value is 0.410. The first kappa shape index (κ1) is 13.5. The zero-order valence-corrected chi connectivity index (χ0v) is 13.1. The fourth-order valence-electron chi connectivity index (χ4n) is 1.01. The Kier molecular flexibility index (Phi) is 4.64. The summed E-state index contributed by atoms with van der Waals surface area (Å²) in [6, 6.07) is 0. The van der Waals surface area contributed by atoms with Crippen LogP contribution in [-0.4, -0.2) is 20.7 Å². The van der Waals surface area contributed by atoms with Crippen LogP contribution in [0.3, 0.4) is 0 Å². The van der Waals surface area contributed by atoms with Crippen molar-refractivity contribution in [2.75, 3.05) is 6.26 Å². The van der Waals surface area contributed by atoms with Crippen molar-refractivity contribution in [3.63, 3.8) is 0 Å². The number of phenols is 2. The molecule has 84 valence electrons. The highest BCUT2D eigenvalue weighted by molar-refractivity contribution is 9.13. The number of phenolic OH excluding ortho intramolecular Hbond substituents is 2. The number of hydrogen-bond acceptors (Lipinski definition) is 3. The third-order valence-electron chi connectivity index (χ3n) is 1.71. The van der Waals surface area contributed by atoms with Crippen molar-refractivity contribution in [1.29, 1.82) is 0 Å². The van der Waals surface area contributed by atoms with E-state index in [2.05, 4.69) is 47.8 Å². The summed E-state index contributed by atoms with van der Waals surface area (Å²) in [5, 5.41) is 19.1. The molecule has 1 atom stereocenters. The van der Waals surface area contributed by atoms with E-state index in [1.807, 2.05) is 0 Å². The molecule has 0 aliphatic rings. The van der Waals surface area contributed by atoms with Crippen molar-refractivity contribution in [2.24, 2.45) is 0 Å². The average molecular weight is 423 g/mol. The van der Waals surface area contributed by atoms with Crippen LogP contribution < -0.4 is 0 Å². The fraction of sp³-hybridized carbons (Fsp3) is 0.250. The van der Waals surface area contributed by atoms with Gasteiger partial charge in [0.25, 0.3) is 0 Å². The van der Waals surface area contributed by atoms with Gasteiger partial charge >= 0.3 is 0 Å². The van der Waals surface area contributed by atoms with Gasteiger partial charge in [-0.2, -0.15) is 0 Å². The number of hydrogen-bond donors (Lipinski definition) is 2. The average Bonchev–Trinajstić information content (AvgIpc) is 2.18. The second kappa shape index (κ2) is 5.16. The minimum absolute atomic E-state index is 0.251. The molecule has 1 aromatic carbocycles. The Balaban J connectivity index is 3.45. The smallest absolute Gasteiger partial charge is 0.174 e. The molecule has 0 saturated heterocycles. The van der Waals surface area contributed by atoms with E-state index < -0.39 is 10.8 Å².